The normalized spacial score (nSPS) is 18.0. The lowest BCUT2D eigenvalue weighted by molar-refractivity contribution is -0.136. The molecule has 1 N–H and O–H groups in total. The summed E-state index contributed by atoms with van der Waals surface area (Å²) in [7, 11) is 1.42. The average molecular weight is 310 g/mol. The Hall–Kier alpha value is -2.15. The lowest BCUT2D eigenvalue weighted by atomic mass is 10.1. The van der Waals surface area contributed by atoms with E-state index in [0.29, 0.717) is 25.4 Å². The largest absolute Gasteiger partial charge is 0.496 e. The molecule has 0 aromatic heterocycles. The fraction of sp³-hybridized carbons (Fsp3) is 0.467. The van der Waals surface area contributed by atoms with E-state index in [1.165, 1.54) is 26.2 Å². The molecule has 1 aliphatic heterocycles. The van der Waals surface area contributed by atoms with Crippen molar-refractivity contribution in [3.63, 3.8) is 0 Å². The van der Waals surface area contributed by atoms with Crippen LogP contribution in [-0.4, -0.2) is 56.2 Å². The summed E-state index contributed by atoms with van der Waals surface area (Å²) in [6.07, 6.45) is -0.277. The first-order chi connectivity index (χ1) is 10.5. The number of carbonyl (C=O) groups is 2. The zero-order valence-corrected chi connectivity index (χ0v) is 12.6. The fourth-order valence-electron chi connectivity index (χ4n) is 2.29. The predicted molar refractivity (Wildman–Crippen MR) is 77.3 cm³/mol. The van der Waals surface area contributed by atoms with Crippen molar-refractivity contribution in [2.45, 2.75) is 13.0 Å². The third-order valence-corrected chi connectivity index (χ3v) is 3.48. The maximum Gasteiger partial charge on any atom is 0.255 e. The van der Waals surface area contributed by atoms with Crippen molar-refractivity contribution in [3.05, 3.63) is 29.6 Å². The van der Waals surface area contributed by atoms with Crippen molar-refractivity contribution in [2.75, 3.05) is 33.4 Å². The van der Waals surface area contributed by atoms with E-state index in [1.54, 1.807) is 4.90 Å². The predicted octanol–water partition coefficient (Wildman–Crippen LogP) is 0.811. The van der Waals surface area contributed by atoms with E-state index in [0.717, 1.165) is 6.07 Å². The summed E-state index contributed by atoms with van der Waals surface area (Å²) < 4.78 is 23.8. The highest BCUT2D eigenvalue weighted by Gasteiger charge is 2.23. The van der Waals surface area contributed by atoms with Crippen molar-refractivity contribution in [1.82, 2.24) is 10.2 Å². The molecule has 0 saturated carbocycles. The Kier molecular flexibility index (Phi) is 5.32. The third-order valence-electron chi connectivity index (χ3n) is 3.48. The molecule has 7 heteroatoms. The molecule has 1 aromatic carbocycles. The summed E-state index contributed by atoms with van der Waals surface area (Å²) >= 11 is 0. The summed E-state index contributed by atoms with van der Waals surface area (Å²) in [5.41, 5.74) is 0.127. The van der Waals surface area contributed by atoms with Crippen LogP contribution in [0.15, 0.2) is 18.2 Å². The highest BCUT2D eigenvalue weighted by molar-refractivity contribution is 5.96. The summed E-state index contributed by atoms with van der Waals surface area (Å²) in [5.74, 6) is -0.678. The van der Waals surface area contributed by atoms with Crippen molar-refractivity contribution in [2.24, 2.45) is 0 Å². The van der Waals surface area contributed by atoms with Crippen molar-refractivity contribution >= 4 is 11.8 Å². The molecular formula is C15H19FN2O4. The van der Waals surface area contributed by atoms with E-state index >= 15 is 0 Å². The van der Waals surface area contributed by atoms with Gasteiger partial charge in [-0.1, -0.05) is 0 Å². The van der Waals surface area contributed by atoms with Crippen LogP contribution in [-0.2, 0) is 9.53 Å². The molecule has 0 bridgehead atoms. The first-order valence-corrected chi connectivity index (χ1v) is 7.00. The number of halogens is 1. The molecule has 1 aliphatic rings. The molecule has 1 aromatic rings. The molecule has 120 valence electrons. The number of benzene rings is 1. The standard InChI is InChI=1S/C15H19FN2O4/c1-10(19)18-5-6-22-12(9-18)8-17-15(20)13-7-11(16)3-4-14(13)21-2/h3-4,7,12H,5-6,8-9H2,1-2H3,(H,17,20)/t12-/m1/s1. The van der Waals surface area contributed by atoms with Crippen LogP contribution in [0.3, 0.4) is 0 Å². The van der Waals surface area contributed by atoms with Crippen LogP contribution in [0, 0.1) is 5.82 Å². The SMILES string of the molecule is COc1ccc(F)cc1C(=O)NC[C@@H]1CN(C(C)=O)CCO1. The van der Waals surface area contributed by atoms with Crippen molar-refractivity contribution in [1.29, 1.82) is 0 Å². The minimum atomic E-state index is -0.511. The maximum absolute atomic E-state index is 13.3. The molecule has 6 nitrogen and oxygen atoms in total. The summed E-state index contributed by atoms with van der Waals surface area (Å²) in [5, 5.41) is 2.68. The zero-order chi connectivity index (χ0) is 16.1. The van der Waals surface area contributed by atoms with Crippen molar-refractivity contribution < 1.29 is 23.5 Å². The van der Waals surface area contributed by atoms with Gasteiger partial charge in [-0.3, -0.25) is 9.59 Å². The van der Waals surface area contributed by atoms with E-state index in [-0.39, 0.29) is 24.1 Å². The van der Waals surface area contributed by atoms with Gasteiger partial charge in [-0.15, -0.1) is 0 Å². The number of hydrogen-bond donors (Lipinski definition) is 1. The molecule has 0 aliphatic carbocycles. The maximum atomic E-state index is 13.3. The van der Waals surface area contributed by atoms with E-state index in [2.05, 4.69) is 5.32 Å². The van der Waals surface area contributed by atoms with Crippen molar-refractivity contribution in [3.8, 4) is 5.75 Å². The number of rotatable bonds is 4. The molecular weight excluding hydrogens is 291 g/mol. The van der Waals surface area contributed by atoms with Crippen LogP contribution in [0.5, 0.6) is 5.75 Å². The number of methoxy groups -OCH3 is 1. The second-order valence-corrected chi connectivity index (χ2v) is 5.01. The molecule has 1 heterocycles. The van der Waals surface area contributed by atoms with Gasteiger partial charge in [0.05, 0.1) is 25.4 Å². The number of carbonyl (C=O) groups excluding carboxylic acids is 2. The van der Waals surface area contributed by atoms with Gasteiger partial charge in [0.1, 0.15) is 11.6 Å². The quantitative estimate of drug-likeness (QED) is 0.894. The highest BCUT2D eigenvalue weighted by Crippen LogP contribution is 2.19. The van der Waals surface area contributed by atoms with Crippen LogP contribution in [0.4, 0.5) is 4.39 Å². The van der Waals surface area contributed by atoms with Gasteiger partial charge in [0.2, 0.25) is 5.91 Å². The number of ether oxygens (including phenoxy) is 2. The fourth-order valence-corrected chi connectivity index (χ4v) is 2.29. The van der Waals surface area contributed by atoms with Gasteiger partial charge >= 0.3 is 0 Å². The first kappa shape index (κ1) is 16.2. The third kappa shape index (κ3) is 3.94. The van der Waals surface area contributed by atoms with Gasteiger partial charge in [-0.05, 0) is 18.2 Å². The Labute approximate surface area is 128 Å². The summed E-state index contributed by atoms with van der Waals surface area (Å²) in [6.45, 7) is 3.15. The van der Waals surface area contributed by atoms with Crippen LogP contribution in [0.25, 0.3) is 0 Å². The lowest BCUT2D eigenvalue weighted by Crippen LogP contribution is -2.49. The van der Waals surface area contributed by atoms with Crippen LogP contribution < -0.4 is 10.1 Å². The van der Waals surface area contributed by atoms with E-state index in [9.17, 15) is 14.0 Å². The number of morpholine rings is 1. The number of amides is 2. The second-order valence-electron chi connectivity index (χ2n) is 5.01. The Balaban J connectivity index is 1.95. The van der Waals surface area contributed by atoms with Gasteiger partial charge in [0, 0.05) is 26.6 Å². The summed E-state index contributed by atoms with van der Waals surface area (Å²) in [6, 6.07) is 3.75. The number of nitrogens with zero attached hydrogens (tertiary/aromatic N) is 1. The Morgan fingerprint density at radius 2 is 2.27 bits per heavy atom. The van der Waals surface area contributed by atoms with Gasteiger partial charge in [-0.25, -0.2) is 4.39 Å². The molecule has 1 atom stereocenters. The average Bonchev–Trinajstić information content (AvgIpc) is 2.52. The Bertz CT molecular complexity index is 564. The molecule has 1 saturated heterocycles. The molecule has 1 fully saturated rings. The molecule has 2 amide bonds. The second kappa shape index (κ2) is 7.22. The summed E-state index contributed by atoms with van der Waals surface area (Å²) in [4.78, 5) is 25.2. The molecule has 22 heavy (non-hydrogen) atoms. The van der Waals surface area contributed by atoms with Crippen LogP contribution >= 0.6 is 0 Å². The highest BCUT2D eigenvalue weighted by atomic mass is 19.1. The van der Waals surface area contributed by atoms with Gasteiger partial charge < -0.3 is 19.7 Å². The topological polar surface area (TPSA) is 67.9 Å². The number of hydrogen-bond acceptors (Lipinski definition) is 4. The van der Waals surface area contributed by atoms with Crippen LogP contribution in [0.2, 0.25) is 0 Å². The molecule has 0 unspecified atom stereocenters. The smallest absolute Gasteiger partial charge is 0.255 e. The molecule has 0 spiro atoms. The van der Waals surface area contributed by atoms with Crippen LogP contribution in [0.1, 0.15) is 17.3 Å². The lowest BCUT2D eigenvalue weighted by Gasteiger charge is -2.32. The number of nitrogens with one attached hydrogen (secondary N) is 1. The first-order valence-electron chi connectivity index (χ1n) is 7.00. The monoisotopic (exact) mass is 310 g/mol. The zero-order valence-electron chi connectivity index (χ0n) is 12.6. The van der Waals surface area contributed by atoms with E-state index in [4.69, 9.17) is 9.47 Å². The molecule has 0 radical (unpaired) electrons. The van der Waals surface area contributed by atoms with E-state index in [1.807, 2.05) is 0 Å². The Morgan fingerprint density at radius 3 is 2.95 bits per heavy atom. The van der Waals surface area contributed by atoms with Gasteiger partial charge in [0.15, 0.2) is 0 Å². The van der Waals surface area contributed by atoms with E-state index < -0.39 is 11.7 Å². The Morgan fingerprint density at radius 1 is 1.50 bits per heavy atom. The van der Waals surface area contributed by atoms with Gasteiger partial charge in [0.25, 0.3) is 5.91 Å². The minimum absolute atomic E-state index is 0.0218. The minimum Gasteiger partial charge on any atom is -0.496 e. The molecule has 2 rings (SSSR count). The van der Waals surface area contributed by atoms with Gasteiger partial charge in [-0.2, -0.15) is 0 Å².